The van der Waals surface area contributed by atoms with Gasteiger partial charge in [-0.1, -0.05) is 35.5 Å². The number of ether oxygens (including phenoxy) is 1. The molecule has 3 heterocycles. The molecule has 0 spiro atoms. The van der Waals surface area contributed by atoms with Crippen LogP contribution in [0, 0.1) is 0 Å². The number of benzene rings is 1. The van der Waals surface area contributed by atoms with Crippen LogP contribution < -0.4 is 10.5 Å². The fourth-order valence-electron chi connectivity index (χ4n) is 2.10. The monoisotopic (exact) mass is 309 g/mol. The molecule has 0 aliphatic rings. The average Bonchev–Trinajstić information content (AvgIpc) is 3.22. The molecule has 23 heavy (non-hydrogen) atoms. The second-order valence-electron chi connectivity index (χ2n) is 4.72. The molecule has 3 aromatic heterocycles. The van der Waals surface area contributed by atoms with Gasteiger partial charge < -0.3 is 15.0 Å². The first-order valence-electron chi connectivity index (χ1n) is 6.77. The predicted molar refractivity (Wildman–Crippen MR) is 80.2 cm³/mol. The molecular weight excluding hydrogens is 298 g/mol. The summed E-state index contributed by atoms with van der Waals surface area (Å²) in [4.78, 5) is 7.96. The van der Waals surface area contributed by atoms with E-state index < -0.39 is 0 Å². The highest BCUT2D eigenvalue weighted by Gasteiger charge is 2.13. The van der Waals surface area contributed by atoms with Gasteiger partial charge in [-0.25, -0.2) is 0 Å². The Morgan fingerprint density at radius 3 is 2.87 bits per heavy atom. The van der Waals surface area contributed by atoms with Crippen LogP contribution in [0.3, 0.4) is 0 Å². The molecule has 4 rings (SSSR count). The lowest BCUT2D eigenvalue weighted by atomic mass is 10.2. The van der Waals surface area contributed by atoms with E-state index in [9.17, 15) is 0 Å². The average molecular weight is 309 g/mol. The third-order valence-corrected chi connectivity index (χ3v) is 3.14. The van der Waals surface area contributed by atoms with Crippen molar-refractivity contribution in [2.24, 2.45) is 0 Å². The van der Waals surface area contributed by atoms with Crippen LogP contribution in [0.2, 0.25) is 0 Å². The molecule has 0 amide bonds. The number of nitrogens with one attached hydrogen (secondary N) is 1. The summed E-state index contributed by atoms with van der Waals surface area (Å²) >= 11 is 0. The minimum absolute atomic E-state index is 0.0616. The van der Waals surface area contributed by atoms with Gasteiger partial charge in [0.25, 0.3) is 0 Å². The number of rotatable bonds is 4. The quantitative estimate of drug-likeness (QED) is 0.581. The van der Waals surface area contributed by atoms with E-state index in [1.165, 1.54) is 0 Å². The Bertz CT molecular complexity index is 948. The first-order chi connectivity index (χ1) is 11.3. The molecule has 114 valence electrons. The third kappa shape index (κ3) is 2.55. The van der Waals surface area contributed by atoms with Crippen molar-refractivity contribution in [3.05, 3.63) is 42.1 Å². The number of nitrogens with two attached hydrogens (primary N) is 1. The van der Waals surface area contributed by atoms with Crippen LogP contribution in [0.25, 0.3) is 22.5 Å². The zero-order chi connectivity index (χ0) is 15.6. The summed E-state index contributed by atoms with van der Waals surface area (Å²) in [7, 11) is 0. The van der Waals surface area contributed by atoms with Gasteiger partial charge in [-0.15, -0.1) is 10.2 Å². The van der Waals surface area contributed by atoms with Crippen molar-refractivity contribution in [3.63, 3.8) is 0 Å². The van der Waals surface area contributed by atoms with E-state index in [1.807, 2.05) is 30.3 Å². The van der Waals surface area contributed by atoms with Gasteiger partial charge in [0.1, 0.15) is 12.3 Å². The highest BCUT2D eigenvalue weighted by molar-refractivity contribution is 5.75. The van der Waals surface area contributed by atoms with Gasteiger partial charge in [-0.2, -0.15) is 15.2 Å². The van der Waals surface area contributed by atoms with E-state index in [0.717, 1.165) is 5.56 Å². The van der Waals surface area contributed by atoms with E-state index in [4.69, 9.17) is 15.0 Å². The number of nitrogen functional groups attached to an aromatic ring is 1. The van der Waals surface area contributed by atoms with Crippen molar-refractivity contribution in [2.45, 2.75) is 6.61 Å². The Balaban J connectivity index is 1.55. The van der Waals surface area contributed by atoms with Gasteiger partial charge in [0.05, 0.1) is 0 Å². The second-order valence-corrected chi connectivity index (χ2v) is 4.72. The number of hydrogen-bond donors (Lipinski definition) is 2. The fraction of sp³-hybridized carbons (Fsp3) is 0.0714. The summed E-state index contributed by atoms with van der Waals surface area (Å²) in [5, 5.41) is 14.2. The van der Waals surface area contributed by atoms with Crippen molar-refractivity contribution < 1.29 is 9.26 Å². The molecule has 0 unspecified atom stereocenters. The molecule has 0 bridgehead atoms. The first kappa shape index (κ1) is 13.2. The van der Waals surface area contributed by atoms with Gasteiger partial charge in [-0.3, -0.25) is 0 Å². The van der Waals surface area contributed by atoms with Crippen LogP contribution in [0.4, 0.5) is 5.95 Å². The summed E-state index contributed by atoms with van der Waals surface area (Å²) in [6.45, 7) is 0.161. The molecule has 3 N–H and O–H groups in total. The summed E-state index contributed by atoms with van der Waals surface area (Å²) in [5.41, 5.74) is 7.93. The van der Waals surface area contributed by atoms with Crippen LogP contribution in [-0.2, 0) is 6.61 Å². The number of aromatic amines is 1. The van der Waals surface area contributed by atoms with Gasteiger partial charge in [-0.05, 0) is 0 Å². The van der Waals surface area contributed by atoms with Crippen molar-refractivity contribution in [2.75, 3.05) is 5.73 Å². The summed E-state index contributed by atoms with van der Waals surface area (Å²) in [6.07, 6.45) is 0. The van der Waals surface area contributed by atoms with Gasteiger partial charge in [0.2, 0.25) is 17.5 Å². The number of fused-ring (bicyclic) bond motifs is 1. The zero-order valence-electron chi connectivity index (χ0n) is 11.8. The molecule has 9 heteroatoms. The maximum absolute atomic E-state index is 5.62. The minimum Gasteiger partial charge on any atom is -0.469 e. The highest BCUT2D eigenvalue weighted by Crippen LogP contribution is 2.22. The molecule has 0 atom stereocenters. The Hall–Kier alpha value is -3.49. The van der Waals surface area contributed by atoms with Crippen LogP contribution in [0.15, 0.2) is 40.9 Å². The topological polar surface area (TPSA) is 129 Å². The Labute approximate surface area is 129 Å². The van der Waals surface area contributed by atoms with Crippen molar-refractivity contribution >= 4 is 17.1 Å². The maximum Gasteiger partial charge on any atom is 0.249 e. The normalized spacial score (nSPS) is 11.0. The van der Waals surface area contributed by atoms with Gasteiger partial charge >= 0.3 is 0 Å². The largest absolute Gasteiger partial charge is 0.469 e. The van der Waals surface area contributed by atoms with E-state index in [1.54, 1.807) is 6.07 Å². The Morgan fingerprint density at radius 2 is 2.00 bits per heavy atom. The second kappa shape index (κ2) is 5.37. The van der Waals surface area contributed by atoms with E-state index in [0.29, 0.717) is 22.6 Å². The van der Waals surface area contributed by atoms with Crippen molar-refractivity contribution in [1.29, 1.82) is 0 Å². The lowest BCUT2D eigenvalue weighted by molar-refractivity contribution is 0.282. The van der Waals surface area contributed by atoms with Gasteiger partial charge in [0.15, 0.2) is 11.3 Å². The third-order valence-electron chi connectivity index (χ3n) is 3.14. The highest BCUT2D eigenvalue weighted by atomic mass is 16.5. The lowest BCUT2D eigenvalue weighted by Crippen LogP contribution is -2.02. The van der Waals surface area contributed by atoms with Crippen LogP contribution in [-0.4, -0.2) is 30.5 Å². The van der Waals surface area contributed by atoms with Crippen LogP contribution >= 0.6 is 0 Å². The number of anilines is 1. The maximum atomic E-state index is 5.62. The van der Waals surface area contributed by atoms with E-state index >= 15 is 0 Å². The molecular formula is C14H11N7O2. The smallest absolute Gasteiger partial charge is 0.249 e. The number of aromatic nitrogens is 6. The van der Waals surface area contributed by atoms with Gasteiger partial charge in [0, 0.05) is 11.6 Å². The first-order valence-corrected chi connectivity index (χ1v) is 6.77. The lowest BCUT2D eigenvalue weighted by Gasteiger charge is -2.02. The molecule has 0 saturated heterocycles. The van der Waals surface area contributed by atoms with Crippen LogP contribution in [0.1, 0.15) is 5.69 Å². The summed E-state index contributed by atoms with van der Waals surface area (Å²) in [6, 6.07) is 11.5. The summed E-state index contributed by atoms with van der Waals surface area (Å²) in [5.74, 6) is 0.968. The SMILES string of the molecule is Nc1nc(OCc2cc(-c3ccccc3)on2)c2n[nH]nc2n1. The Kier molecular flexibility index (Phi) is 3.08. The minimum atomic E-state index is 0.0616. The van der Waals surface area contributed by atoms with E-state index in [-0.39, 0.29) is 18.4 Å². The number of nitrogens with zero attached hydrogens (tertiary/aromatic N) is 5. The fourth-order valence-corrected chi connectivity index (χ4v) is 2.10. The molecule has 0 radical (unpaired) electrons. The number of hydrogen-bond acceptors (Lipinski definition) is 8. The van der Waals surface area contributed by atoms with Crippen molar-refractivity contribution in [1.82, 2.24) is 30.5 Å². The molecule has 0 aliphatic carbocycles. The van der Waals surface area contributed by atoms with Crippen molar-refractivity contribution in [3.8, 4) is 17.2 Å². The van der Waals surface area contributed by atoms with Crippen LogP contribution in [0.5, 0.6) is 5.88 Å². The number of H-pyrrole nitrogens is 1. The molecule has 0 saturated carbocycles. The molecule has 4 aromatic rings. The standard InChI is InChI=1S/C14H11N7O2/c15-14-16-12-11(18-21-19-12)13(17-14)22-7-9-6-10(23-20-9)8-4-2-1-3-5-8/h1-6H,7H2,(H3,15,16,17,18,19,21). The van der Waals surface area contributed by atoms with E-state index in [2.05, 4.69) is 30.5 Å². The molecule has 0 aliphatic heterocycles. The molecule has 1 aromatic carbocycles. The zero-order valence-corrected chi connectivity index (χ0v) is 11.8. The predicted octanol–water partition coefficient (Wildman–Crippen LogP) is 1.56. The molecule has 0 fully saturated rings. The Morgan fingerprint density at radius 1 is 1.13 bits per heavy atom. The summed E-state index contributed by atoms with van der Waals surface area (Å²) < 4.78 is 10.9. The molecule has 9 nitrogen and oxygen atoms in total.